The maximum atomic E-state index is 12.3. The maximum Gasteiger partial charge on any atom is 0.251 e. The fourth-order valence-corrected chi connectivity index (χ4v) is 3.77. The van der Waals surface area contributed by atoms with E-state index in [1.165, 1.54) is 0 Å². The Balaban J connectivity index is 2.13. The molecule has 2 heterocycles. The molecule has 0 atom stereocenters. The minimum absolute atomic E-state index is 0.397. The van der Waals surface area contributed by atoms with E-state index in [1.54, 1.807) is 13.4 Å². The number of imidazole rings is 1. The number of primary amides is 1. The van der Waals surface area contributed by atoms with E-state index in [-0.39, 0.29) is 0 Å². The third kappa shape index (κ3) is 3.47. The summed E-state index contributed by atoms with van der Waals surface area (Å²) in [5.41, 5.74) is 12.4. The average Bonchev–Trinajstić information content (AvgIpc) is 3.25. The summed E-state index contributed by atoms with van der Waals surface area (Å²) in [6.45, 7) is 6.82. The highest BCUT2D eigenvalue weighted by Gasteiger charge is 2.24. The number of hydrogen-bond donors (Lipinski definition) is 2. The van der Waals surface area contributed by atoms with Gasteiger partial charge in [-0.05, 0) is 43.5 Å². The molecule has 0 saturated heterocycles. The number of H-pyrrole nitrogens is 1. The van der Waals surface area contributed by atoms with Gasteiger partial charge in [0.25, 0.3) is 5.91 Å². The first-order chi connectivity index (χ1) is 13.0. The molecule has 3 aromatic rings. The third-order valence-corrected chi connectivity index (χ3v) is 5.06. The lowest BCUT2D eigenvalue weighted by Crippen LogP contribution is -2.14. The summed E-state index contributed by atoms with van der Waals surface area (Å²) in [4.78, 5) is 19.5. The number of ether oxygens (including phenoxy) is 1. The van der Waals surface area contributed by atoms with Gasteiger partial charge in [-0.2, -0.15) is 0 Å². The van der Waals surface area contributed by atoms with E-state index in [1.807, 2.05) is 32.2 Å². The number of rotatable bonds is 7. The van der Waals surface area contributed by atoms with Crippen LogP contribution in [0.1, 0.15) is 39.9 Å². The SMILES string of the molecule is CCc1c(-c2ccc(OC)c(C)c2)c(C(N)=O)c(C)n1CCc1cnc[nH]1. The molecule has 3 rings (SSSR count). The molecule has 0 aliphatic rings. The highest BCUT2D eigenvalue weighted by atomic mass is 16.5. The quantitative estimate of drug-likeness (QED) is 0.672. The van der Waals surface area contributed by atoms with Gasteiger partial charge in [0, 0.05) is 41.8 Å². The van der Waals surface area contributed by atoms with Crippen LogP contribution in [0, 0.1) is 13.8 Å². The van der Waals surface area contributed by atoms with Gasteiger partial charge in [-0.25, -0.2) is 4.98 Å². The Labute approximate surface area is 159 Å². The smallest absolute Gasteiger partial charge is 0.251 e. The second kappa shape index (κ2) is 7.70. The molecule has 1 amide bonds. The Morgan fingerprint density at radius 2 is 2.11 bits per heavy atom. The van der Waals surface area contributed by atoms with E-state index in [4.69, 9.17) is 10.5 Å². The van der Waals surface area contributed by atoms with E-state index < -0.39 is 5.91 Å². The molecule has 3 N–H and O–H groups in total. The second-order valence-electron chi connectivity index (χ2n) is 6.66. The van der Waals surface area contributed by atoms with Gasteiger partial charge in [0.2, 0.25) is 0 Å². The van der Waals surface area contributed by atoms with Crippen LogP contribution < -0.4 is 10.5 Å². The summed E-state index contributed by atoms with van der Waals surface area (Å²) in [6.07, 6.45) is 5.12. The van der Waals surface area contributed by atoms with Crippen molar-refractivity contribution in [2.75, 3.05) is 7.11 Å². The molecule has 6 heteroatoms. The van der Waals surface area contributed by atoms with Crippen molar-refractivity contribution in [2.45, 2.75) is 40.2 Å². The molecular weight excluding hydrogens is 340 g/mol. The Morgan fingerprint density at radius 1 is 1.33 bits per heavy atom. The fraction of sp³-hybridized carbons (Fsp3) is 0.333. The van der Waals surface area contributed by atoms with Gasteiger partial charge >= 0.3 is 0 Å². The van der Waals surface area contributed by atoms with Gasteiger partial charge in [0.1, 0.15) is 5.75 Å². The monoisotopic (exact) mass is 366 g/mol. The summed E-state index contributed by atoms with van der Waals surface area (Å²) in [5.74, 6) is 0.429. The van der Waals surface area contributed by atoms with Gasteiger partial charge in [0.15, 0.2) is 0 Å². The van der Waals surface area contributed by atoms with Gasteiger partial charge in [-0.15, -0.1) is 0 Å². The molecule has 0 spiro atoms. The molecule has 0 aliphatic carbocycles. The topological polar surface area (TPSA) is 85.9 Å². The van der Waals surface area contributed by atoms with Crippen molar-refractivity contribution in [1.29, 1.82) is 0 Å². The van der Waals surface area contributed by atoms with Crippen molar-refractivity contribution in [1.82, 2.24) is 14.5 Å². The zero-order chi connectivity index (χ0) is 19.6. The van der Waals surface area contributed by atoms with Gasteiger partial charge in [-0.1, -0.05) is 13.0 Å². The van der Waals surface area contributed by atoms with Crippen LogP contribution in [0.25, 0.3) is 11.1 Å². The van der Waals surface area contributed by atoms with E-state index in [9.17, 15) is 4.79 Å². The van der Waals surface area contributed by atoms with Gasteiger partial charge in [0.05, 0.1) is 19.0 Å². The molecule has 6 nitrogen and oxygen atoms in total. The van der Waals surface area contributed by atoms with Crippen LogP contribution in [-0.2, 0) is 19.4 Å². The van der Waals surface area contributed by atoms with Crippen LogP contribution in [0.15, 0.2) is 30.7 Å². The summed E-state index contributed by atoms with van der Waals surface area (Å²) < 4.78 is 7.58. The molecule has 0 aliphatic heterocycles. The molecule has 0 unspecified atom stereocenters. The Hall–Kier alpha value is -3.02. The average molecular weight is 366 g/mol. The van der Waals surface area contributed by atoms with E-state index in [2.05, 4.69) is 27.5 Å². The second-order valence-corrected chi connectivity index (χ2v) is 6.66. The Bertz CT molecular complexity index is 955. The van der Waals surface area contributed by atoms with Gasteiger partial charge < -0.3 is 20.0 Å². The number of nitrogens with zero attached hydrogens (tertiary/aromatic N) is 2. The zero-order valence-electron chi connectivity index (χ0n) is 16.3. The molecular formula is C21H26N4O2. The summed E-state index contributed by atoms with van der Waals surface area (Å²) in [5, 5.41) is 0. The van der Waals surface area contributed by atoms with Crippen LogP contribution in [0.3, 0.4) is 0 Å². The molecule has 142 valence electrons. The van der Waals surface area contributed by atoms with E-state index in [0.29, 0.717) is 5.56 Å². The van der Waals surface area contributed by atoms with Crippen LogP contribution in [0.4, 0.5) is 0 Å². The Kier molecular flexibility index (Phi) is 5.35. The lowest BCUT2D eigenvalue weighted by molar-refractivity contribution is 0.1000. The van der Waals surface area contributed by atoms with Crippen molar-refractivity contribution in [3.8, 4) is 16.9 Å². The van der Waals surface area contributed by atoms with Crippen molar-refractivity contribution < 1.29 is 9.53 Å². The highest BCUT2D eigenvalue weighted by molar-refractivity contribution is 6.02. The first kappa shape index (κ1) is 18.8. The minimum Gasteiger partial charge on any atom is -0.496 e. The van der Waals surface area contributed by atoms with Crippen LogP contribution in [0.2, 0.25) is 0 Å². The predicted octanol–water partition coefficient (Wildman–Crippen LogP) is 3.41. The first-order valence-corrected chi connectivity index (χ1v) is 9.11. The van der Waals surface area contributed by atoms with Crippen molar-refractivity contribution in [3.05, 3.63) is 58.9 Å². The number of carbonyl (C=O) groups is 1. The number of methoxy groups -OCH3 is 1. The lowest BCUT2D eigenvalue weighted by Gasteiger charge is -2.12. The molecule has 1 aromatic carbocycles. The number of aryl methyl sites for hydroxylation is 2. The molecule has 0 saturated carbocycles. The number of carbonyl (C=O) groups excluding carboxylic acids is 1. The molecule has 27 heavy (non-hydrogen) atoms. The summed E-state index contributed by atoms with van der Waals surface area (Å²) in [6, 6.07) is 5.98. The van der Waals surface area contributed by atoms with Crippen molar-refractivity contribution in [2.24, 2.45) is 5.73 Å². The summed E-state index contributed by atoms with van der Waals surface area (Å²) >= 11 is 0. The molecule has 0 radical (unpaired) electrons. The maximum absolute atomic E-state index is 12.3. The number of benzene rings is 1. The molecule has 2 aromatic heterocycles. The fourth-order valence-electron chi connectivity index (χ4n) is 3.77. The van der Waals surface area contributed by atoms with E-state index in [0.717, 1.165) is 58.9 Å². The highest BCUT2D eigenvalue weighted by Crippen LogP contribution is 2.35. The Morgan fingerprint density at radius 3 is 2.67 bits per heavy atom. The summed E-state index contributed by atoms with van der Waals surface area (Å²) in [7, 11) is 1.66. The number of aromatic amines is 1. The molecule has 0 fully saturated rings. The van der Waals surface area contributed by atoms with Crippen molar-refractivity contribution >= 4 is 5.91 Å². The zero-order valence-corrected chi connectivity index (χ0v) is 16.3. The normalized spacial score (nSPS) is 11.0. The van der Waals surface area contributed by atoms with Gasteiger partial charge in [-0.3, -0.25) is 4.79 Å². The third-order valence-electron chi connectivity index (χ3n) is 5.06. The van der Waals surface area contributed by atoms with Crippen LogP contribution >= 0.6 is 0 Å². The minimum atomic E-state index is -0.397. The number of nitrogens with one attached hydrogen (secondary N) is 1. The first-order valence-electron chi connectivity index (χ1n) is 9.11. The van der Waals surface area contributed by atoms with Crippen molar-refractivity contribution in [3.63, 3.8) is 0 Å². The largest absolute Gasteiger partial charge is 0.496 e. The standard InChI is InChI=1S/C21H26N4O2/c1-5-17-20(15-6-7-18(27-4)13(2)10-15)19(21(22)26)14(3)25(17)9-8-16-11-23-12-24-16/h6-7,10-12H,5,8-9H2,1-4H3,(H2,22,26)(H,23,24). The number of aromatic nitrogens is 3. The van der Waals surface area contributed by atoms with Crippen LogP contribution in [0.5, 0.6) is 5.75 Å². The molecule has 0 bridgehead atoms. The van der Waals surface area contributed by atoms with Crippen LogP contribution in [-0.4, -0.2) is 27.6 Å². The number of amides is 1. The number of nitrogens with two attached hydrogens (primary N) is 1. The number of hydrogen-bond acceptors (Lipinski definition) is 3. The lowest BCUT2D eigenvalue weighted by atomic mass is 9.97. The predicted molar refractivity (Wildman–Crippen MR) is 106 cm³/mol. The van der Waals surface area contributed by atoms with E-state index >= 15 is 0 Å².